The topological polar surface area (TPSA) is 37.3 Å². The number of rotatable bonds is 3. The Labute approximate surface area is 104 Å². The second-order valence-corrected chi connectivity index (χ2v) is 3.77. The second kappa shape index (κ2) is 5.27. The monoisotopic (exact) mass is 242 g/mol. The summed E-state index contributed by atoms with van der Waals surface area (Å²) in [7, 11) is 0. The maximum Gasteiger partial charge on any atom is 0.185 e. The van der Waals surface area contributed by atoms with Crippen molar-refractivity contribution in [1.29, 1.82) is 0 Å². The smallest absolute Gasteiger partial charge is 0.185 e. The standard InChI is InChI=1S/C15H11FO2/c16-13-7-9-15(18)12(10-13)6-8-14(17)11-4-2-1-3-5-11/h1-10,18H. The van der Waals surface area contributed by atoms with Crippen LogP contribution in [-0.4, -0.2) is 10.9 Å². The van der Waals surface area contributed by atoms with Crippen LogP contribution in [0.5, 0.6) is 5.75 Å². The summed E-state index contributed by atoms with van der Waals surface area (Å²) in [5.41, 5.74) is 0.823. The highest BCUT2D eigenvalue weighted by Gasteiger charge is 2.02. The first-order valence-corrected chi connectivity index (χ1v) is 5.43. The van der Waals surface area contributed by atoms with Crippen molar-refractivity contribution in [2.75, 3.05) is 0 Å². The molecule has 0 radical (unpaired) electrons. The number of ketones is 1. The zero-order valence-corrected chi connectivity index (χ0v) is 9.51. The van der Waals surface area contributed by atoms with Crippen molar-refractivity contribution >= 4 is 11.9 Å². The number of carbonyl (C=O) groups excluding carboxylic acids is 1. The van der Waals surface area contributed by atoms with Gasteiger partial charge < -0.3 is 5.11 Å². The molecule has 90 valence electrons. The molecule has 0 fully saturated rings. The van der Waals surface area contributed by atoms with Gasteiger partial charge in [-0.05, 0) is 30.4 Å². The summed E-state index contributed by atoms with van der Waals surface area (Å²) in [6.45, 7) is 0. The van der Waals surface area contributed by atoms with Gasteiger partial charge in [0.2, 0.25) is 0 Å². The molecule has 0 aliphatic carbocycles. The van der Waals surface area contributed by atoms with Gasteiger partial charge in [0, 0.05) is 11.1 Å². The minimum absolute atomic E-state index is 0.0616. The summed E-state index contributed by atoms with van der Waals surface area (Å²) in [6, 6.07) is 12.3. The van der Waals surface area contributed by atoms with E-state index in [1.165, 1.54) is 24.3 Å². The molecule has 0 heterocycles. The van der Waals surface area contributed by atoms with Crippen molar-refractivity contribution in [3.8, 4) is 5.75 Å². The van der Waals surface area contributed by atoms with E-state index in [0.29, 0.717) is 5.56 Å². The number of aromatic hydroxyl groups is 1. The van der Waals surface area contributed by atoms with Crippen LogP contribution in [0.2, 0.25) is 0 Å². The predicted molar refractivity (Wildman–Crippen MR) is 67.9 cm³/mol. The zero-order valence-electron chi connectivity index (χ0n) is 9.51. The lowest BCUT2D eigenvalue weighted by atomic mass is 10.1. The van der Waals surface area contributed by atoms with E-state index in [1.807, 2.05) is 6.07 Å². The number of carbonyl (C=O) groups is 1. The average Bonchev–Trinajstić information content (AvgIpc) is 2.40. The summed E-state index contributed by atoms with van der Waals surface area (Å²) in [4.78, 5) is 11.8. The van der Waals surface area contributed by atoms with Crippen molar-refractivity contribution in [3.63, 3.8) is 0 Å². The third-order valence-corrected chi connectivity index (χ3v) is 2.46. The fourth-order valence-electron chi connectivity index (χ4n) is 1.52. The van der Waals surface area contributed by atoms with Gasteiger partial charge in [0.05, 0.1) is 0 Å². The van der Waals surface area contributed by atoms with E-state index in [4.69, 9.17) is 0 Å². The van der Waals surface area contributed by atoms with Crippen molar-refractivity contribution in [2.45, 2.75) is 0 Å². The molecule has 0 aromatic heterocycles. The third-order valence-electron chi connectivity index (χ3n) is 2.46. The van der Waals surface area contributed by atoms with Gasteiger partial charge in [-0.2, -0.15) is 0 Å². The fraction of sp³-hybridized carbons (Fsp3) is 0. The van der Waals surface area contributed by atoms with E-state index in [-0.39, 0.29) is 17.1 Å². The maximum absolute atomic E-state index is 13.0. The predicted octanol–water partition coefficient (Wildman–Crippen LogP) is 3.43. The van der Waals surface area contributed by atoms with Gasteiger partial charge in [0.25, 0.3) is 0 Å². The molecule has 0 spiro atoms. The molecule has 2 aromatic carbocycles. The summed E-state index contributed by atoms with van der Waals surface area (Å²) >= 11 is 0. The molecule has 0 bridgehead atoms. The van der Waals surface area contributed by atoms with Crippen LogP contribution in [-0.2, 0) is 0 Å². The van der Waals surface area contributed by atoms with Gasteiger partial charge in [-0.3, -0.25) is 4.79 Å². The van der Waals surface area contributed by atoms with E-state index in [2.05, 4.69) is 0 Å². The molecule has 0 saturated carbocycles. The molecule has 0 atom stereocenters. The fourth-order valence-corrected chi connectivity index (χ4v) is 1.52. The molecule has 0 aliphatic heterocycles. The Hall–Kier alpha value is -2.42. The number of halogens is 1. The summed E-state index contributed by atoms with van der Waals surface area (Å²) < 4.78 is 13.0. The van der Waals surface area contributed by atoms with Gasteiger partial charge >= 0.3 is 0 Å². The summed E-state index contributed by atoms with van der Waals surface area (Å²) in [5.74, 6) is -0.715. The zero-order chi connectivity index (χ0) is 13.0. The quantitative estimate of drug-likeness (QED) is 0.661. The highest BCUT2D eigenvalue weighted by atomic mass is 19.1. The van der Waals surface area contributed by atoms with Crippen molar-refractivity contribution < 1.29 is 14.3 Å². The Balaban J connectivity index is 2.21. The highest BCUT2D eigenvalue weighted by Crippen LogP contribution is 2.19. The van der Waals surface area contributed by atoms with Gasteiger partial charge in [-0.25, -0.2) is 4.39 Å². The van der Waals surface area contributed by atoms with Crippen molar-refractivity contribution in [3.05, 3.63) is 71.6 Å². The molecule has 0 unspecified atom stereocenters. The Morgan fingerprint density at radius 1 is 1.11 bits per heavy atom. The molecular formula is C15H11FO2. The molecule has 0 aliphatic rings. The number of hydrogen-bond donors (Lipinski definition) is 1. The van der Waals surface area contributed by atoms with Crippen LogP contribution in [0.3, 0.4) is 0 Å². The maximum atomic E-state index is 13.0. The normalized spacial score (nSPS) is 10.7. The molecule has 3 heteroatoms. The van der Waals surface area contributed by atoms with Gasteiger partial charge in [0.15, 0.2) is 5.78 Å². The molecule has 0 amide bonds. The van der Waals surface area contributed by atoms with Gasteiger partial charge in [0.1, 0.15) is 11.6 Å². The number of phenols is 1. The second-order valence-electron chi connectivity index (χ2n) is 3.77. The average molecular weight is 242 g/mol. The Morgan fingerprint density at radius 3 is 2.56 bits per heavy atom. The molecule has 18 heavy (non-hydrogen) atoms. The molecule has 2 rings (SSSR count). The number of allylic oxidation sites excluding steroid dienone is 1. The molecule has 2 aromatic rings. The van der Waals surface area contributed by atoms with Gasteiger partial charge in [-0.1, -0.05) is 30.3 Å². The molecule has 0 saturated heterocycles. The number of benzene rings is 2. The minimum Gasteiger partial charge on any atom is -0.507 e. The van der Waals surface area contributed by atoms with Crippen LogP contribution in [0.25, 0.3) is 6.08 Å². The van der Waals surface area contributed by atoms with Crippen molar-refractivity contribution in [2.24, 2.45) is 0 Å². The molecule has 2 nitrogen and oxygen atoms in total. The van der Waals surface area contributed by atoms with Gasteiger partial charge in [-0.15, -0.1) is 0 Å². The van der Waals surface area contributed by atoms with Crippen LogP contribution in [0.1, 0.15) is 15.9 Å². The lowest BCUT2D eigenvalue weighted by Crippen LogP contribution is -1.92. The van der Waals surface area contributed by atoms with E-state index < -0.39 is 5.82 Å². The highest BCUT2D eigenvalue weighted by molar-refractivity contribution is 6.06. The summed E-state index contributed by atoms with van der Waals surface area (Å²) in [5, 5.41) is 9.49. The van der Waals surface area contributed by atoms with Crippen LogP contribution in [0.15, 0.2) is 54.6 Å². The summed E-state index contributed by atoms with van der Waals surface area (Å²) in [6.07, 6.45) is 2.71. The largest absolute Gasteiger partial charge is 0.507 e. The lowest BCUT2D eigenvalue weighted by molar-refractivity contribution is 0.104. The van der Waals surface area contributed by atoms with E-state index >= 15 is 0 Å². The first-order valence-electron chi connectivity index (χ1n) is 5.43. The van der Waals surface area contributed by atoms with E-state index in [0.717, 1.165) is 6.07 Å². The lowest BCUT2D eigenvalue weighted by Gasteiger charge is -1.99. The Bertz CT molecular complexity index is 589. The minimum atomic E-state index is -0.459. The molecule has 1 N–H and O–H groups in total. The van der Waals surface area contributed by atoms with Crippen molar-refractivity contribution in [1.82, 2.24) is 0 Å². The Morgan fingerprint density at radius 2 is 1.83 bits per heavy atom. The van der Waals surface area contributed by atoms with E-state index in [1.54, 1.807) is 24.3 Å². The van der Waals surface area contributed by atoms with Crippen LogP contribution < -0.4 is 0 Å². The third kappa shape index (κ3) is 2.83. The first kappa shape index (κ1) is 12.0. The van der Waals surface area contributed by atoms with Crippen LogP contribution in [0.4, 0.5) is 4.39 Å². The Kier molecular flexibility index (Phi) is 3.53. The molecular weight excluding hydrogens is 231 g/mol. The number of phenolic OH excluding ortho intramolecular Hbond substituents is 1. The number of hydrogen-bond acceptors (Lipinski definition) is 2. The van der Waals surface area contributed by atoms with Crippen LogP contribution in [0, 0.1) is 5.82 Å². The SMILES string of the molecule is O=C(C=Cc1cc(F)ccc1O)c1ccccc1. The van der Waals surface area contributed by atoms with E-state index in [9.17, 15) is 14.3 Å². The first-order chi connectivity index (χ1) is 8.66. The van der Waals surface area contributed by atoms with Crippen LogP contribution >= 0.6 is 0 Å².